The van der Waals surface area contributed by atoms with Gasteiger partial charge in [0.05, 0.1) is 42.0 Å². The number of benzene rings is 2. The molecule has 8 heteroatoms. The van der Waals surface area contributed by atoms with Crippen LogP contribution in [0.4, 0.5) is 0 Å². The third-order valence-corrected chi connectivity index (χ3v) is 6.41. The number of hydrogen-bond donors (Lipinski definition) is 1. The van der Waals surface area contributed by atoms with Crippen LogP contribution in [0, 0.1) is 0 Å². The molecule has 0 aliphatic rings. The van der Waals surface area contributed by atoms with E-state index < -0.39 is 5.60 Å². The van der Waals surface area contributed by atoms with E-state index in [0.717, 1.165) is 22.0 Å². The average molecular weight is 460 g/mol. The second kappa shape index (κ2) is 7.72. The SMILES string of the molecule is Cn1cncc1C(O)(c1ccc2c(c1)c(-c1cccc(Cl)c1)cc(=O)n2C)c1cncn1C. The van der Waals surface area contributed by atoms with Gasteiger partial charge in [-0.05, 0) is 41.0 Å². The maximum atomic E-state index is 12.7. The number of aryl methyl sites for hydroxylation is 3. The topological polar surface area (TPSA) is 77.9 Å². The Morgan fingerprint density at radius 1 is 0.909 bits per heavy atom. The van der Waals surface area contributed by atoms with Gasteiger partial charge >= 0.3 is 0 Å². The van der Waals surface area contributed by atoms with Gasteiger partial charge in [0, 0.05) is 37.6 Å². The highest BCUT2D eigenvalue weighted by molar-refractivity contribution is 6.30. The molecule has 33 heavy (non-hydrogen) atoms. The second-order valence-electron chi connectivity index (χ2n) is 8.19. The van der Waals surface area contributed by atoms with Crippen LogP contribution in [-0.2, 0) is 26.7 Å². The first-order valence-electron chi connectivity index (χ1n) is 10.4. The highest BCUT2D eigenvalue weighted by atomic mass is 35.5. The van der Waals surface area contributed by atoms with E-state index in [1.807, 2.05) is 50.5 Å². The average Bonchev–Trinajstić information content (AvgIpc) is 3.44. The zero-order chi connectivity index (χ0) is 23.3. The van der Waals surface area contributed by atoms with E-state index in [-0.39, 0.29) is 5.56 Å². The van der Waals surface area contributed by atoms with Gasteiger partial charge in [0.15, 0.2) is 5.60 Å². The summed E-state index contributed by atoms with van der Waals surface area (Å²) < 4.78 is 5.17. The molecule has 3 aromatic heterocycles. The minimum Gasteiger partial charge on any atom is -0.373 e. The summed E-state index contributed by atoms with van der Waals surface area (Å²) in [6.45, 7) is 0. The van der Waals surface area contributed by atoms with E-state index in [0.29, 0.717) is 22.0 Å². The number of pyridine rings is 1. The molecule has 0 radical (unpaired) electrons. The van der Waals surface area contributed by atoms with E-state index in [2.05, 4.69) is 9.97 Å². The fourth-order valence-corrected chi connectivity index (χ4v) is 4.61. The molecule has 1 N–H and O–H groups in total. The van der Waals surface area contributed by atoms with Crippen molar-refractivity contribution in [3.63, 3.8) is 0 Å². The minimum atomic E-state index is -1.52. The molecule has 0 saturated heterocycles. The molecule has 0 unspecified atom stereocenters. The van der Waals surface area contributed by atoms with Crippen LogP contribution in [0.5, 0.6) is 0 Å². The molecular weight excluding hydrogens is 438 g/mol. The highest BCUT2D eigenvalue weighted by Gasteiger charge is 2.39. The van der Waals surface area contributed by atoms with Gasteiger partial charge in [-0.25, -0.2) is 9.97 Å². The molecule has 5 aromatic rings. The molecule has 3 heterocycles. The van der Waals surface area contributed by atoms with Crippen LogP contribution < -0.4 is 5.56 Å². The summed E-state index contributed by atoms with van der Waals surface area (Å²) in [6, 6.07) is 14.6. The van der Waals surface area contributed by atoms with Crippen LogP contribution in [-0.4, -0.2) is 28.8 Å². The lowest BCUT2D eigenvalue weighted by atomic mass is 9.85. The number of fused-ring (bicyclic) bond motifs is 1. The van der Waals surface area contributed by atoms with Gasteiger partial charge in [0.1, 0.15) is 0 Å². The molecule has 0 atom stereocenters. The molecule has 166 valence electrons. The fourth-order valence-electron chi connectivity index (χ4n) is 4.42. The van der Waals surface area contributed by atoms with Gasteiger partial charge in [-0.3, -0.25) is 4.79 Å². The lowest BCUT2D eigenvalue weighted by Gasteiger charge is -2.30. The van der Waals surface area contributed by atoms with Gasteiger partial charge in [-0.1, -0.05) is 29.8 Å². The van der Waals surface area contributed by atoms with Crippen LogP contribution in [0.3, 0.4) is 0 Å². The summed E-state index contributed by atoms with van der Waals surface area (Å²) in [6.07, 6.45) is 6.60. The summed E-state index contributed by atoms with van der Waals surface area (Å²) >= 11 is 6.25. The monoisotopic (exact) mass is 459 g/mol. The van der Waals surface area contributed by atoms with Gasteiger partial charge < -0.3 is 18.8 Å². The number of aliphatic hydroxyl groups is 1. The van der Waals surface area contributed by atoms with Gasteiger partial charge in [-0.2, -0.15) is 0 Å². The molecular formula is C25H22ClN5O2. The minimum absolute atomic E-state index is 0.126. The molecule has 0 fully saturated rings. The summed E-state index contributed by atoms with van der Waals surface area (Å²) in [7, 11) is 5.41. The van der Waals surface area contributed by atoms with Crippen LogP contribution in [0.2, 0.25) is 5.02 Å². The van der Waals surface area contributed by atoms with Crippen molar-refractivity contribution in [3.05, 3.63) is 106 Å². The molecule has 0 aliphatic carbocycles. The Kier molecular flexibility index (Phi) is 4.96. The predicted octanol–water partition coefficient (Wildman–Crippen LogP) is 3.61. The maximum Gasteiger partial charge on any atom is 0.251 e. The van der Waals surface area contributed by atoms with Crippen molar-refractivity contribution in [2.24, 2.45) is 21.1 Å². The quantitative estimate of drug-likeness (QED) is 0.445. The van der Waals surface area contributed by atoms with Crippen LogP contribution >= 0.6 is 11.6 Å². The third kappa shape index (κ3) is 3.28. The molecule has 7 nitrogen and oxygen atoms in total. The Morgan fingerprint density at radius 2 is 1.58 bits per heavy atom. The van der Waals surface area contributed by atoms with E-state index in [9.17, 15) is 9.90 Å². The number of rotatable bonds is 4. The lowest BCUT2D eigenvalue weighted by molar-refractivity contribution is 0.109. The van der Waals surface area contributed by atoms with Gasteiger partial charge in [0.25, 0.3) is 5.56 Å². The largest absolute Gasteiger partial charge is 0.373 e. The Labute approximate surface area is 195 Å². The molecule has 0 bridgehead atoms. The van der Waals surface area contributed by atoms with Crippen molar-refractivity contribution < 1.29 is 5.11 Å². The smallest absolute Gasteiger partial charge is 0.251 e. The molecule has 2 aromatic carbocycles. The van der Waals surface area contributed by atoms with Crippen molar-refractivity contribution in [1.82, 2.24) is 23.7 Å². The number of aromatic nitrogens is 5. The number of imidazole rings is 2. The van der Waals surface area contributed by atoms with Gasteiger partial charge in [0.2, 0.25) is 0 Å². The first-order valence-corrected chi connectivity index (χ1v) is 10.7. The molecule has 0 aliphatic heterocycles. The Bertz CT molecular complexity index is 1520. The van der Waals surface area contributed by atoms with Crippen LogP contribution in [0.1, 0.15) is 17.0 Å². The van der Waals surface area contributed by atoms with Crippen molar-refractivity contribution >= 4 is 22.5 Å². The molecule has 0 spiro atoms. The van der Waals surface area contributed by atoms with Crippen LogP contribution in [0.15, 0.2) is 78.4 Å². The van der Waals surface area contributed by atoms with E-state index in [1.165, 1.54) is 0 Å². The first kappa shape index (κ1) is 21.2. The standard InChI is InChI=1S/C25H22ClN5O2/c1-29-14-27-12-22(29)25(33,23-13-28-15-30(23)2)17-7-8-21-20(10-17)19(11-24(32)31(21)3)16-5-4-6-18(26)9-16/h4-15,33H,1-3H3. The predicted molar refractivity (Wildman–Crippen MR) is 128 cm³/mol. The normalized spacial score (nSPS) is 11.9. The zero-order valence-corrected chi connectivity index (χ0v) is 19.2. The summed E-state index contributed by atoms with van der Waals surface area (Å²) in [5.41, 5.74) is 2.49. The maximum absolute atomic E-state index is 12.7. The Hall–Kier alpha value is -3.68. The highest BCUT2D eigenvalue weighted by Crippen LogP contribution is 2.39. The van der Waals surface area contributed by atoms with E-state index in [4.69, 9.17) is 11.6 Å². The summed E-state index contributed by atoms with van der Waals surface area (Å²) in [5, 5.41) is 13.6. The van der Waals surface area contributed by atoms with Crippen LogP contribution in [0.25, 0.3) is 22.0 Å². The second-order valence-corrected chi connectivity index (χ2v) is 8.62. The molecule has 0 saturated carbocycles. The number of hydrogen-bond acceptors (Lipinski definition) is 4. The van der Waals surface area contributed by atoms with Crippen molar-refractivity contribution in [2.75, 3.05) is 0 Å². The third-order valence-electron chi connectivity index (χ3n) is 6.17. The van der Waals surface area contributed by atoms with Crippen molar-refractivity contribution in [3.8, 4) is 11.1 Å². The van der Waals surface area contributed by atoms with Gasteiger partial charge in [-0.15, -0.1) is 0 Å². The van der Waals surface area contributed by atoms with E-state index in [1.54, 1.807) is 57.9 Å². The van der Waals surface area contributed by atoms with E-state index >= 15 is 0 Å². The molecule has 0 amide bonds. The molecule has 5 rings (SSSR count). The number of halogens is 1. The Morgan fingerprint density at radius 3 is 2.15 bits per heavy atom. The van der Waals surface area contributed by atoms with Crippen molar-refractivity contribution in [2.45, 2.75) is 5.60 Å². The fraction of sp³-hybridized carbons (Fsp3) is 0.160. The zero-order valence-electron chi connectivity index (χ0n) is 18.4. The lowest BCUT2D eigenvalue weighted by Crippen LogP contribution is -2.33. The summed E-state index contributed by atoms with van der Waals surface area (Å²) in [4.78, 5) is 21.2. The number of nitrogens with zero attached hydrogens (tertiary/aromatic N) is 5. The Balaban J connectivity index is 1.86. The summed E-state index contributed by atoms with van der Waals surface area (Å²) in [5.74, 6) is 0. The van der Waals surface area contributed by atoms with Crippen molar-refractivity contribution in [1.29, 1.82) is 0 Å². The first-order chi connectivity index (χ1) is 15.8.